The number of carbonyl (C=O) groups excluding carboxylic acids is 1. The van der Waals surface area contributed by atoms with Gasteiger partial charge in [-0.2, -0.15) is 0 Å². The summed E-state index contributed by atoms with van der Waals surface area (Å²) >= 11 is 12.5. The first-order valence-electron chi connectivity index (χ1n) is 8.86. The molecule has 28 heavy (non-hydrogen) atoms. The first-order valence-corrected chi connectivity index (χ1v) is 9.61. The Bertz CT molecular complexity index is 1090. The smallest absolute Gasteiger partial charge is 0.289 e. The van der Waals surface area contributed by atoms with Gasteiger partial charge < -0.3 is 9.32 Å². The largest absolute Gasteiger partial charge is 0.459 e. The zero-order valence-corrected chi connectivity index (χ0v) is 16.7. The topological polar surface area (TPSA) is 71.1 Å². The van der Waals surface area contributed by atoms with E-state index in [1.807, 2.05) is 0 Å². The van der Waals surface area contributed by atoms with Gasteiger partial charge in [-0.1, -0.05) is 23.2 Å². The fourth-order valence-electron chi connectivity index (χ4n) is 3.28. The summed E-state index contributed by atoms with van der Waals surface area (Å²) in [6.07, 6.45) is 3.03. The van der Waals surface area contributed by atoms with Gasteiger partial charge in [0, 0.05) is 45.0 Å². The van der Waals surface area contributed by atoms with Gasteiger partial charge in [0.1, 0.15) is 0 Å². The van der Waals surface area contributed by atoms with Crippen molar-refractivity contribution in [3.8, 4) is 0 Å². The maximum Gasteiger partial charge on any atom is 0.289 e. The fourth-order valence-corrected chi connectivity index (χ4v) is 3.75. The van der Waals surface area contributed by atoms with Crippen LogP contribution in [0.25, 0.3) is 5.65 Å². The molecule has 3 aromatic rings. The van der Waals surface area contributed by atoms with E-state index < -0.39 is 0 Å². The van der Waals surface area contributed by atoms with Crippen LogP contribution in [0.15, 0.2) is 39.9 Å². The maximum absolute atomic E-state index is 12.5. The average Bonchev–Trinajstić information content (AvgIpc) is 3.22. The highest BCUT2D eigenvalue weighted by Crippen LogP contribution is 2.26. The summed E-state index contributed by atoms with van der Waals surface area (Å²) in [5.74, 6) is 0.243. The lowest BCUT2D eigenvalue weighted by Gasteiger charge is -2.34. The monoisotopic (exact) mass is 420 g/mol. The molecule has 1 aliphatic heterocycles. The molecule has 0 atom stereocenters. The molecule has 1 fully saturated rings. The van der Waals surface area contributed by atoms with E-state index in [4.69, 9.17) is 27.6 Å². The highest BCUT2D eigenvalue weighted by molar-refractivity contribution is 6.37. The Morgan fingerprint density at radius 3 is 2.68 bits per heavy atom. The number of furan rings is 1. The Balaban J connectivity index is 1.49. The van der Waals surface area contributed by atoms with Crippen LogP contribution in [0.4, 0.5) is 0 Å². The Morgan fingerprint density at radius 2 is 2.00 bits per heavy atom. The molecule has 0 radical (unpaired) electrons. The van der Waals surface area contributed by atoms with Crippen LogP contribution < -0.4 is 5.56 Å². The van der Waals surface area contributed by atoms with Crippen molar-refractivity contribution in [1.82, 2.24) is 19.2 Å². The lowest BCUT2D eigenvalue weighted by molar-refractivity contribution is 0.0596. The molecule has 3 aromatic heterocycles. The Kier molecular flexibility index (Phi) is 5.14. The molecule has 4 rings (SSSR count). The number of amides is 1. The maximum atomic E-state index is 12.5. The molecule has 7 nitrogen and oxygen atoms in total. The number of nitrogens with zero attached hydrogens (tertiary/aromatic N) is 4. The van der Waals surface area contributed by atoms with Gasteiger partial charge in [0.2, 0.25) is 0 Å². The molecule has 0 spiro atoms. The molecule has 146 valence electrons. The molecule has 4 heterocycles. The van der Waals surface area contributed by atoms with E-state index in [2.05, 4.69) is 9.88 Å². The van der Waals surface area contributed by atoms with Crippen molar-refractivity contribution in [2.45, 2.75) is 13.5 Å². The van der Waals surface area contributed by atoms with E-state index in [0.717, 1.165) is 0 Å². The van der Waals surface area contributed by atoms with Crippen molar-refractivity contribution in [3.05, 3.63) is 68.1 Å². The predicted octanol–water partition coefficient (Wildman–Crippen LogP) is 2.86. The molecule has 0 N–H and O–H groups in total. The highest BCUT2D eigenvalue weighted by atomic mass is 35.5. The summed E-state index contributed by atoms with van der Waals surface area (Å²) in [7, 11) is 0. The Hall–Kier alpha value is -2.35. The molecule has 9 heteroatoms. The molecule has 0 bridgehead atoms. The number of halogens is 2. The van der Waals surface area contributed by atoms with Gasteiger partial charge in [-0.05, 0) is 24.6 Å². The fraction of sp³-hybridized carbons (Fsp3) is 0.316. The van der Waals surface area contributed by atoms with E-state index in [-0.39, 0.29) is 11.5 Å². The minimum absolute atomic E-state index is 0.106. The summed E-state index contributed by atoms with van der Waals surface area (Å²) in [5, 5.41) is 0.798. The number of fused-ring (bicyclic) bond motifs is 1. The van der Waals surface area contributed by atoms with Crippen LogP contribution in [0.1, 0.15) is 21.8 Å². The third-order valence-electron chi connectivity index (χ3n) is 4.91. The van der Waals surface area contributed by atoms with Gasteiger partial charge in [-0.3, -0.25) is 18.9 Å². The number of pyridine rings is 1. The summed E-state index contributed by atoms with van der Waals surface area (Å²) in [4.78, 5) is 33.3. The third-order valence-corrected chi connectivity index (χ3v) is 5.74. The number of hydrogen-bond donors (Lipinski definition) is 0. The predicted molar refractivity (Wildman–Crippen MR) is 106 cm³/mol. The lowest BCUT2D eigenvalue weighted by Crippen LogP contribution is -2.48. The van der Waals surface area contributed by atoms with Gasteiger partial charge in [-0.25, -0.2) is 4.98 Å². The van der Waals surface area contributed by atoms with Crippen LogP contribution in [0.2, 0.25) is 10.0 Å². The normalized spacial score (nSPS) is 15.3. The van der Waals surface area contributed by atoms with Crippen LogP contribution in [0.5, 0.6) is 0 Å². The molecule has 1 aliphatic rings. The minimum Gasteiger partial charge on any atom is -0.459 e. The van der Waals surface area contributed by atoms with Crippen molar-refractivity contribution >= 4 is 34.8 Å². The standard InChI is InChI=1S/C19H18Cl2N4O3/c1-12-14(20)11-25-16(26)9-13(22-18(25)17(12)21)10-23-4-6-24(7-5-23)19(27)15-3-2-8-28-15/h2-3,8-9,11H,4-7,10H2,1H3. The zero-order valence-electron chi connectivity index (χ0n) is 15.2. The Labute approximate surface area is 171 Å². The SMILES string of the molecule is Cc1c(Cl)cn2c(=O)cc(CN3CCN(C(=O)c4ccco4)CC3)nc2c1Cl. The van der Waals surface area contributed by atoms with Crippen molar-refractivity contribution in [2.75, 3.05) is 26.2 Å². The number of hydrogen-bond acceptors (Lipinski definition) is 5. The second kappa shape index (κ2) is 7.58. The molecule has 1 saturated heterocycles. The minimum atomic E-state index is -0.226. The van der Waals surface area contributed by atoms with Gasteiger partial charge in [0.05, 0.1) is 22.0 Å². The van der Waals surface area contributed by atoms with Gasteiger partial charge in [-0.15, -0.1) is 0 Å². The first kappa shape index (κ1) is 19.0. The van der Waals surface area contributed by atoms with Crippen LogP contribution in [-0.4, -0.2) is 51.3 Å². The van der Waals surface area contributed by atoms with Crippen molar-refractivity contribution in [1.29, 1.82) is 0 Å². The Morgan fingerprint density at radius 1 is 1.25 bits per heavy atom. The number of piperazine rings is 1. The zero-order chi connectivity index (χ0) is 19.8. The first-order chi connectivity index (χ1) is 13.4. The van der Waals surface area contributed by atoms with E-state index in [0.29, 0.717) is 65.4 Å². The van der Waals surface area contributed by atoms with Gasteiger partial charge in [0.25, 0.3) is 11.5 Å². The number of carbonyl (C=O) groups is 1. The van der Waals surface area contributed by atoms with Crippen molar-refractivity contribution in [2.24, 2.45) is 0 Å². The lowest BCUT2D eigenvalue weighted by atomic mass is 10.2. The molecule has 0 aromatic carbocycles. The third kappa shape index (κ3) is 3.53. The second-order valence-electron chi connectivity index (χ2n) is 6.74. The average molecular weight is 421 g/mol. The second-order valence-corrected chi connectivity index (χ2v) is 7.53. The summed E-state index contributed by atoms with van der Waals surface area (Å²) in [6, 6.07) is 4.86. The molecular formula is C19H18Cl2N4O3. The van der Waals surface area contributed by atoms with E-state index >= 15 is 0 Å². The summed E-state index contributed by atoms with van der Waals surface area (Å²) in [5.41, 5.74) is 1.50. The number of rotatable bonds is 3. The molecule has 0 saturated carbocycles. The molecule has 0 aliphatic carbocycles. The molecule has 0 unspecified atom stereocenters. The van der Waals surface area contributed by atoms with Gasteiger partial charge in [0.15, 0.2) is 11.4 Å². The number of aromatic nitrogens is 2. The van der Waals surface area contributed by atoms with Gasteiger partial charge >= 0.3 is 0 Å². The van der Waals surface area contributed by atoms with E-state index in [1.54, 1.807) is 24.0 Å². The van der Waals surface area contributed by atoms with Crippen LogP contribution in [0, 0.1) is 6.92 Å². The quantitative estimate of drug-likeness (QED) is 0.651. The summed E-state index contributed by atoms with van der Waals surface area (Å²) in [6.45, 7) is 4.83. The molecular weight excluding hydrogens is 403 g/mol. The van der Waals surface area contributed by atoms with E-state index in [1.165, 1.54) is 22.9 Å². The van der Waals surface area contributed by atoms with Crippen LogP contribution >= 0.6 is 23.2 Å². The highest BCUT2D eigenvalue weighted by Gasteiger charge is 2.24. The summed E-state index contributed by atoms with van der Waals surface area (Å²) < 4.78 is 6.54. The van der Waals surface area contributed by atoms with Crippen molar-refractivity contribution < 1.29 is 9.21 Å². The van der Waals surface area contributed by atoms with Crippen LogP contribution in [-0.2, 0) is 6.54 Å². The van der Waals surface area contributed by atoms with Crippen molar-refractivity contribution in [3.63, 3.8) is 0 Å². The van der Waals surface area contributed by atoms with Crippen LogP contribution in [0.3, 0.4) is 0 Å². The van der Waals surface area contributed by atoms with E-state index in [9.17, 15) is 9.59 Å². The molecule has 1 amide bonds.